The lowest BCUT2D eigenvalue weighted by molar-refractivity contribution is 0.213. The van der Waals surface area contributed by atoms with Gasteiger partial charge >= 0.3 is 0 Å². The second kappa shape index (κ2) is 5.25. The zero-order chi connectivity index (χ0) is 9.68. The van der Waals surface area contributed by atoms with E-state index in [0.29, 0.717) is 5.33 Å². The van der Waals surface area contributed by atoms with Gasteiger partial charge in [0, 0.05) is 15.9 Å². The number of alkyl halides is 1. The smallest absolute Gasteiger partial charge is 0.106 e. The number of benzene rings is 1. The summed E-state index contributed by atoms with van der Waals surface area (Å²) in [5, 5.41) is 5.24. The van der Waals surface area contributed by atoms with Crippen molar-refractivity contribution in [2.75, 3.05) is 12.4 Å². The number of nitrogens with zero attached hydrogens (tertiary/aromatic N) is 1. The van der Waals surface area contributed by atoms with Crippen molar-refractivity contribution in [3.05, 3.63) is 34.9 Å². The maximum Gasteiger partial charge on any atom is 0.106 e. The standard InChI is InChI=1S/C9H9BrClNO/c1-13-12-9(6-10)7-2-4-8(11)5-3-7/h2-5H,6H2,1H3/b12-9-. The molecule has 13 heavy (non-hydrogen) atoms. The van der Waals surface area contributed by atoms with Gasteiger partial charge in [0.25, 0.3) is 0 Å². The Bertz CT molecular complexity index is 297. The molecule has 2 nitrogen and oxygen atoms in total. The van der Waals surface area contributed by atoms with Gasteiger partial charge in [0.1, 0.15) is 7.11 Å². The van der Waals surface area contributed by atoms with E-state index >= 15 is 0 Å². The number of hydrogen-bond donors (Lipinski definition) is 0. The molecule has 0 N–H and O–H groups in total. The summed E-state index contributed by atoms with van der Waals surface area (Å²) < 4.78 is 0. The normalized spacial score (nSPS) is 11.5. The van der Waals surface area contributed by atoms with E-state index in [1.165, 1.54) is 7.11 Å². The Labute approximate surface area is 90.7 Å². The van der Waals surface area contributed by atoms with E-state index in [-0.39, 0.29) is 0 Å². The summed E-state index contributed by atoms with van der Waals surface area (Å²) in [4.78, 5) is 4.70. The van der Waals surface area contributed by atoms with Gasteiger partial charge in [-0.3, -0.25) is 0 Å². The molecule has 0 atom stereocenters. The minimum Gasteiger partial charge on any atom is -0.399 e. The molecular weight excluding hydrogens is 253 g/mol. The third-order valence-corrected chi connectivity index (χ3v) is 2.29. The molecule has 70 valence electrons. The van der Waals surface area contributed by atoms with Gasteiger partial charge in [0.15, 0.2) is 0 Å². The summed E-state index contributed by atoms with van der Waals surface area (Å²) in [6, 6.07) is 7.46. The van der Waals surface area contributed by atoms with Gasteiger partial charge < -0.3 is 4.84 Å². The largest absolute Gasteiger partial charge is 0.399 e. The van der Waals surface area contributed by atoms with Crippen LogP contribution in [0.1, 0.15) is 5.56 Å². The fourth-order valence-electron chi connectivity index (χ4n) is 0.907. The fraction of sp³-hybridized carbons (Fsp3) is 0.222. The Morgan fingerprint density at radius 1 is 1.46 bits per heavy atom. The van der Waals surface area contributed by atoms with Gasteiger partial charge in [0.05, 0.1) is 5.71 Å². The van der Waals surface area contributed by atoms with Crippen LogP contribution in [0, 0.1) is 0 Å². The third-order valence-electron chi connectivity index (χ3n) is 1.51. The quantitative estimate of drug-likeness (QED) is 0.466. The monoisotopic (exact) mass is 261 g/mol. The maximum atomic E-state index is 5.75. The summed E-state index contributed by atoms with van der Waals surface area (Å²) in [5.41, 5.74) is 1.85. The molecule has 0 heterocycles. The minimum absolute atomic E-state index is 0.655. The van der Waals surface area contributed by atoms with Gasteiger partial charge in [-0.2, -0.15) is 0 Å². The van der Waals surface area contributed by atoms with Gasteiger partial charge in [-0.05, 0) is 12.1 Å². The highest BCUT2D eigenvalue weighted by atomic mass is 79.9. The zero-order valence-electron chi connectivity index (χ0n) is 7.13. The molecule has 0 aliphatic heterocycles. The van der Waals surface area contributed by atoms with Crippen LogP contribution in [-0.2, 0) is 4.84 Å². The van der Waals surface area contributed by atoms with Crippen molar-refractivity contribution in [1.29, 1.82) is 0 Å². The molecule has 0 saturated heterocycles. The lowest BCUT2D eigenvalue weighted by Gasteiger charge is -2.01. The topological polar surface area (TPSA) is 21.6 Å². The van der Waals surface area contributed by atoms with E-state index in [2.05, 4.69) is 21.1 Å². The van der Waals surface area contributed by atoms with Crippen molar-refractivity contribution in [3.8, 4) is 0 Å². The molecule has 0 aliphatic carbocycles. The molecule has 0 bridgehead atoms. The van der Waals surface area contributed by atoms with Gasteiger partial charge in [-0.1, -0.05) is 44.8 Å². The minimum atomic E-state index is 0.655. The second-order valence-electron chi connectivity index (χ2n) is 2.36. The molecule has 0 fully saturated rings. The molecule has 1 rings (SSSR count). The van der Waals surface area contributed by atoms with E-state index in [4.69, 9.17) is 16.4 Å². The molecule has 0 radical (unpaired) electrons. The van der Waals surface area contributed by atoms with Crippen LogP contribution in [0.15, 0.2) is 29.4 Å². The summed E-state index contributed by atoms with van der Waals surface area (Å²) in [6.45, 7) is 0. The van der Waals surface area contributed by atoms with E-state index in [0.717, 1.165) is 16.3 Å². The molecule has 4 heteroatoms. The van der Waals surface area contributed by atoms with Crippen LogP contribution in [0.25, 0.3) is 0 Å². The van der Waals surface area contributed by atoms with Crippen LogP contribution in [0.2, 0.25) is 5.02 Å². The number of oxime groups is 1. The fourth-order valence-corrected chi connectivity index (χ4v) is 1.46. The van der Waals surface area contributed by atoms with Crippen LogP contribution in [0.4, 0.5) is 0 Å². The average molecular weight is 263 g/mol. The van der Waals surface area contributed by atoms with Crippen molar-refractivity contribution in [2.24, 2.45) is 5.16 Å². The molecule has 1 aromatic carbocycles. The number of rotatable bonds is 3. The summed E-state index contributed by atoms with van der Waals surface area (Å²) >= 11 is 9.08. The predicted molar refractivity (Wildman–Crippen MR) is 58.8 cm³/mol. The number of hydrogen-bond acceptors (Lipinski definition) is 2. The highest BCUT2D eigenvalue weighted by Crippen LogP contribution is 2.11. The molecule has 0 spiro atoms. The SMILES string of the molecule is CO/N=C(/CBr)c1ccc(Cl)cc1. The first-order valence-corrected chi connectivity index (χ1v) is 5.20. The van der Waals surface area contributed by atoms with E-state index in [1.807, 2.05) is 24.3 Å². The predicted octanol–water partition coefficient (Wildman–Crippen LogP) is 3.09. The molecule has 1 aromatic rings. The van der Waals surface area contributed by atoms with Gasteiger partial charge in [0.2, 0.25) is 0 Å². The van der Waals surface area contributed by atoms with Gasteiger partial charge in [-0.25, -0.2) is 0 Å². The van der Waals surface area contributed by atoms with E-state index < -0.39 is 0 Å². The molecular formula is C9H9BrClNO. The highest BCUT2D eigenvalue weighted by Gasteiger charge is 2.01. The maximum absolute atomic E-state index is 5.75. The lowest BCUT2D eigenvalue weighted by Crippen LogP contribution is -2.02. The van der Waals surface area contributed by atoms with Crippen LogP contribution in [0.5, 0.6) is 0 Å². The second-order valence-corrected chi connectivity index (χ2v) is 3.36. The third kappa shape index (κ3) is 3.01. The lowest BCUT2D eigenvalue weighted by atomic mass is 10.1. The van der Waals surface area contributed by atoms with E-state index in [1.54, 1.807) is 0 Å². The first kappa shape index (κ1) is 10.5. The highest BCUT2D eigenvalue weighted by molar-refractivity contribution is 9.09. The Balaban J connectivity index is 2.92. The van der Waals surface area contributed by atoms with Gasteiger partial charge in [-0.15, -0.1) is 0 Å². The van der Waals surface area contributed by atoms with Crippen LogP contribution in [-0.4, -0.2) is 18.2 Å². The Morgan fingerprint density at radius 3 is 2.54 bits per heavy atom. The molecule has 0 saturated carbocycles. The Kier molecular flexibility index (Phi) is 4.25. The molecule has 0 amide bonds. The Morgan fingerprint density at radius 2 is 2.08 bits per heavy atom. The van der Waals surface area contributed by atoms with Crippen LogP contribution >= 0.6 is 27.5 Å². The van der Waals surface area contributed by atoms with Crippen molar-refractivity contribution in [2.45, 2.75) is 0 Å². The van der Waals surface area contributed by atoms with Crippen molar-refractivity contribution in [1.82, 2.24) is 0 Å². The van der Waals surface area contributed by atoms with Crippen molar-refractivity contribution < 1.29 is 4.84 Å². The zero-order valence-corrected chi connectivity index (χ0v) is 9.47. The molecule has 0 aliphatic rings. The Hall–Kier alpha value is -0.540. The summed E-state index contributed by atoms with van der Waals surface area (Å²) in [7, 11) is 1.53. The first-order chi connectivity index (χ1) is 6.27. The van der Waals surface area contributed by atoms with Crippen molar-refractivity contribution in [3.63, 3.8) is 0 Å². The van der Waals surface area contributed by atoms with E-state index in [9.17, 15) is 0 Å². The summed E-state index contributed by atoms with van der Waals surface area (Å²) in [6.07, 6.45) is 0. The molecule has 0 aromatic heterocycles. The van der Waals surface area contributed by atoms with Crippen LogP contribution < -0.4 is 0 Å². The summed E-state index contributed by atoms with van der Waals surface area (Å²) in [5.74, 6) is 0. The first-order valence-electron chi connectivity index (χ1n) is 3.70. The van der Waals surface area contributed by atoms with Crippen LogP contribution in [0.3, 0.4) is 0 Å². The molecule has 0 unspecified atom stereocenters. The van der Waals surface area contributed by atoms with Crippen molar-refractivity contribution >= 4 is 33.2 Å². The average Bonchev–Trinajstić information content (AvgIpc) is 2.16. The number of halogens is 2.